The lowest BCUT2D eigenvalue weighted by atomic mass is 10.2. The number of rotatable bonds is 4. The fourth-order valence-electron chi connectivity index (χ4n) is 1.78. The van der Waals surface area contributed by atoms with Crippen molar-refractivity contribution in [1.29, 1.82) is 0 Å². The number of carbonyl (C=O) groups is 1. The van der Waals surface area contributed by atoms with Crippen molar-refractivity contribution >= 4 is 29.2 Å². The maximum atomic E-state index is 11.1. The van der Waals surface area contributed by atoms with Crippen LogP contribution < -0.4 is 4.74 Å². The Kier molecular flexibility index (Phi) is 4.20. The molecule has 0 saturated carbocycles. The summed E-state index contributed by atoms with van der Waals surface area (Å²) in [6.07, 6.45) is 0. The van der Waals surface area contributed by atoms with Gasteiger partial charge in [0.2, 0.25) is 0 Å². The highest BCUT2D eigenvalue weighted by Gasteiger charge is 2.15. The fraction of sp³-hybridized carbons (Fsp3) is 0.231. The van der Waals surface area contributed by atoms with Gasteiger partial charge in [-0.15, -0.1) is 0 Å². The van der Waals surface area contributed by atoms with Crippen molar-refractivity contribution in [3.63, 3.8) is 0 Å². The summed E-state index contributed by atoms with van der Waals surface area (Å²) in [6, 6.07) is 4.43. The Balaban J connectivity index is 2.25. The second-order valence-electron chi connectivity index (χ2n) is 4.20. The average Bonchev–Trinajstić information content (AvgIpc) is 2.62. The van der Waals surface area contributed by atoms with E-state index in [0.29, 0.717) is 21.4 Å². The number of ether oxygens (including phenoxy) is 1. The third kappa shape index (κ3) is 2.89. The van der Waals surface area contributed by atoms with Crippen molar-refractivity contribution in [2.75, 3.05) is 0 Å². The van der Waals surface area contributed by atoms with E-state index >= 15 is 0 Å². The molecule has 0 aliphatic heterocycles. The normalized spacial score (nSPS) is 10.6. The summed E-state index contributed by atoms with van der Waals surface area (Å²) in [6.45, 7) is 1.91. The van der Waals surface area contributed by atoms with Crippen molar-refractivity contribution < 1.29 is 14.6 Å². The summed E-state index contributed by atoms with van der Waals surface area (Å²) < 4.78 is 7.13. The number of aromatic nitrogens is 2. The summed E-state index contributed by atoms with van der Waals surface area (Å²) in [5.74, 6) is -0.869. The van der Waals surface area contributed by atoms with Crippen LogP contribution in [0.25, 0.3) is 0 Å². The van der Waals surface area contributed by atoms with Crippen LogP contribution in [0.4, 0.5) is 0 Å². The zero-order chi connectivity index (χ0) is 14.9. The number of carboxylic acids is 1. The topological polar surface area (TPSA) is 64.4 Å². The number of hydrogen-bond donors (Lipinski definition) is 1. The van der Waals surface area contributed by atoms with Crippen LogP contribution in [-0.4, -0.2) is 20.9 Å². The molecule has 20 heavy (non-hydrogen) atoms. The Morgan fingerprint density at radius 1 is 1.45 bits per heavy atom. The molecular formula is C13H12Cl2N2O3. The third-order valence-electron chi connectivity index (χ3n) is 2.80. The van der Waals surface area contributed by atoms with E-state index in [1.165, 1.54) is 12.1 Å². The maximum absolute atomic E-state index is 11.1. The third-order valence-corrected chi connectivity index (χ3v) is 3.52. The smallest absolute Gasteiger partial charge is 0.339 e. The molecule has 1 N–H and O–H groups in total. The molecule has 0 bridgehead atoms. The fourth-order valence-corrected chi connectivity index (χ4v) is 2.16. The first kappa shape index (κ1) is 14.7. The van der Waals surface area contributed by atoms with Crippen LogP contribution in [0.5, 0.6) is 5.75 Å². The number of hydrogen-bond acceptors (Lipinski definition) is 3. The number of benzene rings is 1. The van der Waals surface area contributed by atoms with E-state index in [1.54, 1.807) is 24.7 Å². The van der Waals surface area contributed by atoms with Gasteiger partial charge in [-0.25, -0.2) is 4.79 Å². The Labute approximate surface area is 125 Å². The number of nitrogens with zero attached hydrogens (tertiary/aromatic N) is 2. The Morgan fingerprint density at radius 3 is 2.70 bits per heavy atom. The summed E-state index contributed by atoms with van der Waals surface area (Å²) in [7, 11) is 1.75. The molecule has 0 unspecified atom stereocenters. The van der Waals surface area contributed by atoms with Gasteiger partial charge in [-0.1, -0.05) is 23.2 Å². The molecule has 0 radical (unpaired) electrons. The van der Waals surface area contributed by atoms with Crippen molar-refractivity contribution in [2.45, 2.75) is 13.5 Å². The minimum Gasteiger partial charge on any atom is -0.486 e. The molecule has 5 nitrogen and oxygen atoms in total. The van der Waals surface area contributed by atoms with E-state index in [9.17, 15) is 4.79 Å². The zero-order valence-corrected chi connectivity index (χ0v) is 12.4. The highest BCUT2D eigenvalue weighted by Crippen LogP contribution is 2.26. The van der Waals surface area contributed by atoms with Gasteiger partial charge in [0.25, 0.3) is 0 Å². The van der Waals surface area contributed by atoms with Crippen LogP contribution in [0.2, 0.25) is 10.0 Å². The Morgan fingerprint density at radius 2 is 2.15 bits per heavy atom. The monoisotopic (exact) mass is 314 g/mol. The van der Waals surface area contributed by atoms with E-state index in [1.807, 2.05) is 0 Å². The largest absolute Gasteiger partial charge is 0.486 e. The molecule has 0 aliphatic rings. The van der Waals surface area contributed by atoms with Gasteiger partial charge in [-0.05, 0) is 25.1 Å². The molecule has 0 atom stereocenters. The van der Waals surface area contributed by atoms with Crippen molar-refractivity contribution in [3.8, 4) is 5.75 Å². The van der Waals surface area contributed by atoms with E-state index in [-0.39, 0.29) is 17.9 Å². The summed E-state index contributed by atoms with van der Waals surface area (Å²) >= 11 is 11.9. The number of aromatic carboxylic acids is 1. The molecule has 2 rings (SSSR count). The van der Waals surface area contributed by atoms with Crippen LogP contribution in [0.15, 0.2) is 18.2 Å². The second kappa shape index (κ2) is 5.73. The first-order chi connectivity index (χ1) is 9.40. The van der Waals surface area contributed by atoms with E-state index in [0.717, 1.165) is 0 Å². The van der Waals surface area contributed by atoms with Gasteiger partial charge < -0.3 is 9.84 Å². The Hall–Kier alpha value is -1.72. The van der Waals surface area contributed by atoms with Crippen LogP contribution in [0, 0.1) is 6.92 Å². The van der Waals surface area contributed by atoms with Gasteiger partial charge in [-0.2, -0.15) is 5.10 Å². The minimum atomic E-state index is -1.10. The van der Waals surface area contributed by atoms with Gasteiger partial charge in [0.05, 0.1) is 16.4 Å². The van der Waals surface area contributed by atoms with E-state index in [2.05, 4.69) is 5.10 Å². The number of halogens is 2. The maximum Gasteiger partial charge on any atom is 0.339 e. The summed E-state index contributed by atoms with van der Waals surface area (Å²) in [4.78, 5) is 11.1. The van der Waals surface area contributed by atoms with Gasteiger partial charge in [0, 0.05) is 12.1 Å². The highest BCUT2D eigenvalue weighted by atomic mass is 35.5. The molecule has 0 saturated heterocycles. The van der Waals surface area contributed by atoms with Crippen LogP contribution in [0.3, 0.4) is 0 Å². The lowest BCUT2D eigenvalue weighted by Gasteiger charge is -2.10. The predicted molar refractivity (Wildman–Crippen MR) is 75.7 cm³/mol. The first-order valence-electron chi connectivity index (χ1n) is 5.73. The minimum absolute atomic E-state index is 0.00696. The molecule has 1 aromatic heterocycles. The molecule has 7 heteroatoms. The first-order valence-corrected chi connectivity index (χ1v) is 6.49. The van der Waals surface area contributed by atoms with E-state index in [4.69, 9.17) is 33.0 Å². The molecule has 0 fully saturated rings. The van der Waals surface area contributed by atoms with Gasteiger partial charge in [0.15, 0.2) is 0 Å². The highest BCUT2D eigenvalue weighted by molar-refractivity contribution is 6.32. The van der Waals surface area contributed by atoms with Crippen LogP contribution >= 0.6 is 23.2 Å². The van der Waals surface area contributed by atoms with E-state index < -0.39 is 5.97 Å². The second-order valence-corrected chi connectivity index (χ2v) is 5.02. The van der Waals surface area contributed by atoms with Crippen molar-refractivity contribution in [1.82, 2.24) is 9.78 Å². The van der Waals surface area contributed by atoms with Crippen LogP contribution in [0.1, 0.15) is 21.7 Å². The molecule has 0 amide bonds. The van der Waals surface area contributed by atoms with Crippen LogP contribution in [-0.2, 0) is 13.7 Å². The quantitative estimate of drug-likeness (QED) is 0.940. The number of aryl methyl sites for hydroxylation is 2. The van der Waals surface area contributed by atoms with Gasteiger partial charge in [0.1, 0.15) is 17.9 Å². The summed E-state index contributed by atoms with van der Waals surface area (Å²) in [5.41, 5.74) is 1.38. The molecule has 0 aliphatic carbocycles. The molecule has 1 heterocycles. The zero-order valence-electron chi connectivity index (χ0n) is 10.9. The van der Waals surface area contributed by atoms with Crippen molar-refractivity contribution in [3.05, 3.63) is 45.2 Å². The van der Waals surface area contributed by atoms with Crippen molar-refractivity contribution in [2.24, 2.45) is 7.05 Å². The summed E-state index contributed by atoms with van der Waals surface area (Å²) in [5, 5.41) is 14.1. The molecular weight excluding hydrogens is 303 g/mol. The van der Waals surface area contributed by atoms with Gasteiger partial charge in [-0.3, -0.25) is 4.68 Å². The molecule has 1 aromatic carbocycles. The lowest BCUT2D eigenvalue weighted by Crippen LogP contribution is -2.07. The predicted octanol–water partition coefficient (Wildman–Crippen LogP) is 3.31. The van der Waals surface area contributed by atoms with Gasteiger partial charge >= 0.3 is 5.97 Å². The molecule has 0 spiro atoms. The molecule has 106 valence electrons. The lowest BCUT2D eigenvalue weighted by molar-refractivity contribution is 0.0691. The standard InChI is InChI=1S/C13H12Cl2N2O3/c1-7-12(15)10(17(2)16-7)6-20-11-4-3-8(14)5-9(11)13(18)19/h3-5H,6H2,1-2H3,(H,18,19). The Bertz CT molecular complexity index is 668. The number of carboxylic acid groups (broad SMARTS) is 1. The molecule has 2 aromatic rings. The SMILES string of the molecule is Cc1nn(C)c(COc2ccc(Cl)cc2C(=O)O)c1Cl. The average molecular weight is 315 g/mol.